The summed E-state index contributed by atoms with van der Waals surface area (Å²) in [4.78, 5) is 0. The molecule has 1 atom stereocenters. The van der Waals surface area contributed by atoms with Gasteiger partial charge in [-0.3, -0.25) is 0 Å². The largest absolute Gasteiger partial charge is 0.396 e. The smallest absolute Gasteiger partial charge is 0.0465 e. The maximum Gasteiger partial charge on any atom is 0.0465 e. The molecule has 0 aromatic rings. The first-order valence-corrected chi connectivity index (χ1v) is 5.99. The molecule has 0 saturated heterocycles. The van der Waals surface area contributed by atoms with Crippen molar-refractivity contribution in [2.24, 2.45) is 5.92 Å². The molecule has 0 aromatic carbocycles. The Morgan fingerprint density at radius 2 is 1.44 bits per heavy atom. The molecule has 2 nitrogen and oxygen atoms in total. The van der Waals surface area contributed by atoms with Crippen molar-refractivity contribution >= 4 is 0 Å². The Kier molecular flexibility index (Phi) is 11.6. The van der Waals surface area contributed by atoms with Crippen molar-refractivity contribution in [2.45, 2.75) is 32.1 Å². The molecule has 0 amide bonds. The fourth-order valence-corrected chi connectivity index (χ4v) is 1.42. The minimum absolute atomic E-state index is 0.221. The van der Waals surface area contributed by atoms with Crippen molar-refractivity contribution in [3.63, 3.8) is 0 Å². The van der Waals surface area contributed by atoms with E-state index < -0.39 is 0 Å². The highest BCUT2D eigenvalue weighted by Gasteiger charge is 1.99. The van der Waals surface area contributed by atoms with Crippen LogP contribution in [0.2, 0.25) is 0 Å². The molecule has 0 aliphatic carbocycles. The van der Waals surface area contributed by atoms with Crippen molar-refractivity contribution in [1.29, 1.82) is 0 Å². The van der Waals surface area contributed by atoms with Crippen LogP contribution in [-0.2, 0) is 0 Å². The summed E-state index contributed by atoms with van der Waals surface area (Å²) in [6.45, 7) is 4.28. The van der Waals surface area contributed by atoms with E-state index in [2.05, 4.69) is 18.7 Å². The van der Waals surface area contributed by atoms with Gasteiger partial charge in [-0.25, -0.2) is 0 Å². The number of hydrogen-bond donors (Lipinski definition) is 2. The van der Waals surface area contributed by atoms with Crippen LogP contribution in [0.3, 0.4) is 0 Å². The van der Waals surface area contributed by atoms with Crippen LogP contribution in [0, 0.1) is 5.92 Å². The number of rotatable bonds is 10. The molecule has 2 N–H and O–H groups in total. The average Bonchev–Trinajstić information content (AvgIpc) is 2.31. The summed E-state index contributed by atoms with van der Waals surface area (Å²) in [7, 11) is 0. The third-order valence-corrected chi connectivity index (χ3v) is 2.40. The van der Waals surface area contributed by atoms with E-state index in [4.69, 9.17) is 10.2 Å². The maximum absolute atomic E-state index is 8.61. The van der Waals surface area contributed by atoms with Gasteiger partial charge in [-0.2, -0.15) is 0 Å². The van der Waals surface area contributed by atoms with Gasteiger partial charge in [0.1, 0.15) is 0 Å². The van der Waals surface area contributed by atoms with E-state index in [0.717, 1.165) is 32.1 Å². The van der Waals surface area contributed by atoms with Crippen LogP contribution < -0.4 is 0 Å². The molecule has 0 spiro atoms. The first-order valence-electron chi connectivity index (χ1n) is 5.99. The zero-order valence-electron chi connectivity index (χ0n) is 10.0. The Balaban J connectivity index is 3.62. The second-order valence-electron chi connectivity index (χ2n) is 3.78. The van der Waals surface area contributed by atoms with E-state index in [0.29, 0.717) is 5.92 Å². The predicted octanol–water partition coefficient (Wildman–Crippen LogP) is 2.84. The van der Waals surface area contributed by atoms with Crippen molar-refractivity contribution < 1.29 is 10.2 Å². The summed E-state index contributed by atoms with van der Waals surface area (Å²) in [5.41, 5.74) is 0. The Bertz CT molecular complexity index is 207. The van der Waals surface area contributed by atoms with Crippen LogP contribution in [-0.4, -0.2) is 23.4 Å². The minimum atomic E-state index is 0.221. The van der Waals surface area contributed by atoms with Gasteiger partial charge in [0.15, 0.2) is 0 Å². The molecule has 92 valence electrons. The second-order valence-corrected chi connectivity index (χ2v) is 3.78. The number of hydrogen-bond acceptors (Lipinski definition) is 2. The lowest BCUT2D eigenvalue weighted by molar-refractivity contribution is 0.302. The van der Waals surface area contributed by atoms with Crippen molar-refractivity contribution in [3.05, 3.63) is 37.0 Å². The van der Waals surface area contributed by atoms with Gasteiger partial charge >= 0.3 is 0 Å². The zero-order valence-corrected chi connectivity index (χ0v) is 10.0. The van der Waals surface area contributed by atoms with Crippen LogP contribution in [0.4, 0.5) is 0 Å². The summed E-state index contributed by atoms with van der Waals surface area (Å²) in [6.07, 6.45) is 14.8. The average molecular weight is 224 g/mol. The van der Waals surface area contributed by atoms with E-state index in [-0.39, 0.29) is 13.2 Å². The van der Waals surface area contributed by atoms with E-state index in [1.165, 1.54) is 0 Å². The first kappa shape index (κ1) is 15.1. The van der Waals surface area contributed by atoms with Crippen molar-refractivity contribution in [2.75, 3.05) is 13.2 Å². The molecule has 0 saturated carbocycles. The molecular weight excluding hydrogens is 200 g/mol. The van der Waals surface area contributed by atoms with Gasteiger partial charge in [0.05, 0.1) is 0 Å². The fraction of sp³-hybridized carbons (Fsp3) is 0.571. The molecule has 0 fully saturated rings. The molecule has 0 radical (unpaired) electrons. The van der Waals surface area contributed by atoms with Gasteiger partial charge in [0.2, 0.25) is 0 Å². The summed E-state index contributed by atoms with van der Waals surface area (Å²) in [5.74, 6) is 0.508. The SMILES string of the molecule is C=CC(C/C=C\CCO)CC/C=C/CCO. The molecular formula is C14H24O2. The first-order chi connectivity index (χ1) is 7.85. The third kappa shape index (κ3) is 9.69. The Hall–Kier alpha value is -0.860. The van der Waals surface area contributed by atoms with Gasteiger partial charge in [0, 0.05) is 13.2 Å². The van der Waals surface area contributed by atoms with E-state index in [9.17, 15) is 0 Å². The second kappa shape index (κ2) is 12.2. The van der Waals surface area contributed by atoms with Crippen LogP contribution in [0.25, 0.3) is 0 Å². The topological polar surface area (TPSA) is 40.5 Å². The van der Waals surface area contributed by atoms with Gasteiger partial charge in [-0.1, -0.05) is 30.4 Å². The molecule has 0 aromatic heterocycles. The molecule has 0 aliphatic rings. The highest BCUT2D eigenvalue weighted by atomic mass is 16.3. The quantitative estimate of drug-likeness (QED) is 0.560. The third-order valence-electron chi connectivity index (χ3n) is 2.40. The lowest BCUT2D eigenvalue weighted by atomic mass is 9.99. The highest BCUT2D eigenvalue weighted by Crippen LogP contribution is 2.13. The summed E-state index contributed by atoms with van der Waals surface area (Å²) in [6, 6.07) is 0. The van der Waals surface area contributed by atoms with Gasteiger partial charge in [-0.15, -0.1) is 6.58 Å². The summed E-state index contributed by atoms with van der Waals surface area (Å²) >= 11 is 0. The van der Waals surface area contributed by atoms with E-state index in [1.807, 2.05) is 18.2 Å². The molecule has 16 heavy (non-hydrogen) atoms. The number of aliphatic hydroxyl groups is 2. The van der Waals surface area contributed by atoms with Crippen molar-refractivity contribution in [1.82, 2.24) is 0 Å². The maximum atomic E-state index is 8.61. The standard InChI is InChI=1S/C14H24O2/c1-2-14(11-7-5-9-13-16)10-6-3-4-8-12-15/h2-5,7,14-16H,1,6,8-13H2/b4-3+,7-5-. The number of aliphatic hydroxyl groups excluding tert-OH is 2. The monoisotopic (exact) mass is 224 g/mol. The van der Waals surface area contributed by atoms with E-state index in [1.54, 1.807) is 0 Å². The Morgan fingerprint density at radius 3 is 2.00 bits per heavy atom. The number of allylic oxidation sites excluding steroid dienone is 3. The van der Waals surface area contributed by atoms with Gasteiger partial charge in [0.25, 0.3) is 0 Å². The normalized spacial score (nSPS) is 13.6. The summed E-state index contributed by atoms with van der Waals surface area (Å²) in [5, 5.41) is 17.2. The lowest BCUT2D eigenvalue weighted by Crippen LogP contribution is -1.93. The van der Waals surface area contributed by atoms with Gasteiger partial charge in [-0.05, 0) is 38.0 Å². The fourth-order valence-electron chi connectivity index (χ4n) is 1.42. The minimum Gasteiger partial charge on any atom is -0.396 e. The highest BCUT2D eigenvalue weighted by molar-refractivity contribution is 4.91. The molecule has 2 heteroatoms. The Labute approximate surface area is 99.0 Å². The molecule has 0 aliphatic heterocycles. The molecule has 0 bridgehead atoms. The van der Waals surface area contributed by atoms with Gasteiger partial charge < -0.3 is 10.2 Å². The lowest BCUT2D eigenvalue weighted by Gasteiger charge is -2.07. The Morgan fingerprint density at radius 1 is 0.875 bits per heavy atom. The zero-order chi connectivity index (χ0) is 12.1. The van der Waals surface area contributed by atoms with E-state index >= 15 is 0 Å². The molecule has 0 rings (SSSR count). The van der Waals surface area contributed by atoms with Crippen LogP contribution >= 0.6 is 0 Å². The van der Waals surface area contributed by atoms with Crippen molar-refractivity contribution in [3.8, 4) is 0 Å². The van der Waals surface area contributed by atoms with Crippen LogP contribution in [0.5, 0.6) is 0 Å². The van der Waals surface area contributed by atoms with Crippen LogP contribution in [0.1, 0.15) is 32.1 Å². The van der Waals surface area contributed by atoms with Crippen LogP contribution in [0.15, 0.2) is 37.0 Å². The molecule has 1 unspecified atom stereocenters. The predicted molar refractivity (Wildman–Crippen MR) is 69.2 cm³/mol. The molecule has 0 heterocycles. The summed E-state index contributed by atoms with van der Waals surface area (Å²) < 4.78 is 0.